The van der Waals surface area contributed by atoms with E-state index in [4.69, 9.17) is 21.1 Å². The number of methoxy groups -OCH3 is 1. The van der Waals surface area contributed by atoms with Crippen LogP contribution in [0.25, 0.3) is 0 Å². The fraction of sp³-hybridized carbons (Fsp3) is 0.235. The molecular weight excluding hydrogens is 382 g/mol. The zero-order valence-electron chi connectivity index (χ0n) is 13.0. The Balaban J connectivity index is 2.08. The molecular formula is C17H17BrClNO3. The second kappa shape index (κ2) is 7.23. The molecule has 0 fully saturated rings. The minimum Gasteiger partial charge on any atom is -0.497 e. The van der Waals surface area contributed by atoms with Crippen LogP contribution in [0.1, 0.15) is 13.8 Å². The Morgan fingerprint density at radius 3 is 2.30 bits per heavy atom. The van der Waals surface area contributed by atoms with Gasteiger partial charge in [0.15, 0.2) is 0 Å². The van der Waals surface area contributed by atoms with E-state index in [0.29, 0.717) is 16.5 Å². The highest BCUT2D eigenvalue weighted by Crippen LogP contribution is 2.28. The van der Waals surface area contributed by atoms with E-state index >= 15 is 0 Å². The average molecular weight is 399 g/mol. The fourth-order valence-electron chi connectivity index (χ4n) is 1.75. The van der Waals surface area contributed by atoms with Gasteiger partial charge in [-0.2, -0.15) is 0 Å². The van der Waals surface area contributed by atoms with Gasteiger partial charge in [0.25, 0.3) is 0 Å². The van der Waals surface area contributed by atoms with Gasteiger partial charge in [0.2, 0.25) is 0 Å². The van der Waals surface area contributed by atoms with Crippen molar-refractivity contribution in [1.82, 2.24) is 0 Å². The zero-order valence-corrected chi connectivity index (χ0v) is 15.4. The Morgan fingerprint density at radius 1 is 1.09 bits per heavy atom. The van der Waals surface area contributed by atoms with Crippen molar-refractivity contribution < 1.29 is 14.3 Å². The fourth-order valence-corrected chi connectivity index (χ4v) is 2.06. The van der Waals surface area contributed by atoms with Gasteiger partial charge in [-0.15, -0.1) is 0 Å². The standard InChI is InChI=1S/C17H17BrClNO3/c1-17(2,18)16(21)23-14-6-4-12(5-7-14)20-13-8-11(19)9-15(10-13)22-3/h4-10,20H,1-3H3. The van der Waals surface area contributed by atoms with Crippen LogP contribution in [0.4, 0.5) is 11.4 Å². The van der Waals surface area contributed by atoms with Crippen molar-refractivity contribution in [1.29, 1.82) is 0 Å². The number of alkyl halides is 1. The number of nitrogens with one attached hydrogen (secondary N) is 1. The van der Waals surface area contributed by atoms with E-state index in [1.165, 1.54) is 0 Å². The van der Waals surface area contributed by atoms with Crippen LogP contribution in [0, 0.1) is 0 Å². The number of hydrogen-bond acceptors (Lipinski definition) is 4. The van der Waals surface area contributed by atoms with Gasteiger partial charge in [-0.1, -0.05) is 27.5 Å². The first-order valence-electron chi connectivity index (χ1n) is 6.91. The van der Waals surface area contributed by atoms with Gasteiger partial charge in [0.1, 0.15) is 15.8 Å². The molecule has 0 bridgehead atoms. The number of anilines is 2. The summed E-state index contributed by atoms with van der Waals surface area (Å²) in [6.45, 7) is 3.47. The summed E-state index contributed by atoms with van der Waals surface area (Å²) < 4.78 is 9.75. The van der Waals surface area contributed by atoms with Crippen molar-refractivity contribution in [3.8, 4) is 11.5 Å². The smallest absolute Gasteiger partial charge is 0.327 e. The molecule has 2 rings (SSSR count). The Kier molecular flexibility index (Phi) is 5.55. The lowest BCUT2D eigenvalue weighted by molar-refractivity contribution is -0.136. The maximum absolute atomic E-state index is 11.8. The molecule has 0 aliphatic rings. The molecule has 0 aliphatic heterocycles. The zero-order chi connectivity index (χ0) is 17.0. The lowest BCUT2D eigenvalue weighted by Gasteiger charge is -2.15. The summed E-state index contributed by atoms with van der Waals surface area (Å²) in [5.74, 6) is 0.805. The van der Waals surface area contributed by atoms with Crippen LogP contribution in [0.3, 0.4) is 0 Å². The lowest BCUT2D eigenvalue weighted by atomic mass is 10.2. The van der Waals surface area contributed by atoms with Crippen molar-refractivity contribution >= 4 is 44.9 Å². The minimum absolute atomic E-state index is 0.349. The summed E-state index contributed by atoms with van der Waals surface area (Å²) in [6.07, 6.45) is 0. The van der Waals surface area contributed by atoms with E-state index in [-0.39, 0.29) is 5.97 Å². The predicted octanol–water partition coefficient (Wildman–Crippen LogP) is 5.17. The molecule has 0 spiro atoms. The second-order valence-electron chi connectivity index (χ2n) is 5.39. The number of carbonyl (C=O) groups excluding carboxylic acids is 1. The molecule has 0 heterocycles. The number of ether oxygens (including phenoxy) is 2. The SMILES string of the molecule is COc1cc(Cl)cc(Nc2ccc(OC(=O)C(C)(C)Br)cc2)c1. The Morgan fingerprint density at radius 2 is 1.74 bits per heavy atom. The van der Waals surface area contributed by atoms with Gasteiger partial charge in [-0.3, -0.25) is 4.79 Å². The molecule has 0 saturated heterocycles. The Labute approximate surface area is 148 Å². The molecule has 0 unspecified atom stereocenters. The highest BCUT2D eigenvalue weighted by atomic mass is 79.9. The third-order valence-electron chi connectivity index (χ3n) is 2.95. The maximum atomic E-state index is 11.8. The second-order valence-corrected chi connectivity index (χ2v) is 7.81. The highest BCUT2D eigenvalue weighted by Gasteiger charge is 2.25. The third kappa shape index (κ3) is 5.15. The molecule has 23 heavy (non-hydrogen) atoms. The van der Waals surface area contributed by atoms with Crippen LogP contribution in [-0.2, 0) is 4.79 Å². The number of benzene rings is 2. The molecule has 0 atom stereocenters. The molecule has 0 aromatic heterocycles. The monoisotopic (exact) mass is 397 g/mol. The molecule has 2 aromatic rings. The first-order chi connectivity index (χ1) is 10.8. The van der Waals surface area contributed by atoms with Gasteiger partial charge in [0, 0.05) is 22.5 Å². The quantitative estimate of drug-likeness (QED) is 0.429. The molecule has 1 N–H and O–H groups in total. The van der Waals surface area contributed by atoms with Gasteiger partial charge < -0.3 is 14.8 Å². The minimum atomic E-state index is -0.721. The summed E-state index contributed by atoms with van der Waals surface area (Å²) in [5, 5.41) is 3.80. The van der Waals surface area contributed by atoms with Crippen molar-refractivity contribution in [3.63, 3.8) is 0 Å². The van der Waals surface area contributed by atoms with Crippen molar-refractivity contribution in [2.75, 3.05) is 12.4 Å². The Bertz CT molecular complexity index is 696. The van der Waals surface area contributed by atoms with Crippen LogP contribution in [0.5, 0.6) is 11.5 Å². The van der Waals surface area contributed by atoms with E-state index in [1.807, 2.05) is 18.2 Å². The van der Waals surface area contributed by atoms with Crippen LogP contribution in [-0.4, -0.2) is 17.4 Å². The summed E-state index contributed by atoms with van der Waals surface area (Å²) in [6, 6.07) is 12.5. The summed E-state index contributed by atoms with van der Waals surface area (Å²) in [5.41, 5.74) is 1.65. The van der Waals surface area contributed by atoms with Crippen LogP contribution in [0.2, 0.25) is 5.02 Å². The van der Waals surface area contributed by atoms with Crippen molar-refractivity contribution in [2.24, 2.45) is 0 Å². The van der Waals surface area contributed by atoms with Gasteiger partial charge >= 0.3 is 5.97 Å². The van der Waals surface area contributed by atoms with Crippen LogP contribution in [0.15, 0.2) is 42.5 Å². The van der Waals surface area contributed by atoms with Crippen LogP contribution >= 0.6 is 27.5 Å². The number of rotatable bonds is 5. The van der Waals surface area contributed by atoms with Crippen molar-refractivity contribution in [2.45, 2.75) is 18.2 Å². The van der Waals surface area contributed by atoms with Crippen molar-refractivity contribution in [3.05, 3.63) is 47.5 Å². The van der Waals surface area contributed by atoms with E-state index in [0.717, 1.165) is 11.4 Å². The molecule has 6 heteroatoms. The van der Waals surface area contributed by atoms with E-state index in [9.17, 15) is 4.79 Å². The number of hydrogen-bond donors (Lipinski definition) is 1. The summed E-state index contributed by atoms with van der Waals surface area (Å²) in [7, 11) is 1.59. The summed E-state index contributed by atoms with van der Waals surface area (Å²) in [4.78, 5) is 11.8. The van der Waals surface area contributed by atoms with E-state index < -0.39 is 4.32 Å². The van der Waals surface area contributed by atoms with E-state index in [1.54, 1.807) is 45.2 Å². The maximum Gasteiger partial charge on any atom is 0.327 e. The molecule has 2 aromatic carbocycles. The predicted molar refractivity (Wildman–Crippen MR) is 96.4 cm³/mol. The van der Waals surface area contributed by atoms with Crippen LogP contribution < -0.4 is 14.8 Å². The van der Waals surface area contributed by atoms with E-state index in [2.05, 4.69) is 21.2 Å². The molecule has 0 aliphatic carbocycles. The van der Waals surface area contributed by atoms with Gasteiger partial charge in [0.05, 0.1) is 7.11 Å². The molecule has 0 amide bonds. The summed E-state index contributed by atoms with van der Waals surface area (Å²) >= 11 is 9.31. The topological polar surface area (TPSA) is 47.6 Å². The largest absolute Gasteiger partial charge is 0.497 e. The molecule has 4 nitrogen and oxygen atoms in total. The molecule has 0 saturated carbocycles. The molecule has 122 valence electrons. The lowest BCUT2D eigenvalue weighted by Crippen LogP contribution is -2.29. The first kappa shape index (κ1) is 17.6. The number of esters is 1. The van der Waals surface area contributed by atoms with Gasteiger partial charge in [-0.25, -0.2) is 0 Å². The first-order valence-corrected chi connectivity index (χ1v) is 8.08. The Hall–Kier alpha value is -1.72. The number of halogens is 2. The number of carbonyl (C=O) groups is 1. The molecule has 0 radical (unpaired) electrons. The average Bonchev–Trinajstić information content (AvgIpc) is 2.47. The highest BCUT2D eigenvalue weighted by molar-refractivity contribution is 9.10. The van der Waals surface area contributed by atoms with Gasteiger partial charge in [-0.05, 0) is 50.2 Å². The third-order valence-corrected chi connectivity index (χ3v) is 3.49. The normalized spacial score (nSPS) is 11.0.